The standard InChI is InChI=1S/C17H15N5O2/c1-24-14-7-4-12(5-8-14)6-9-15(23)22-17(18)20-16(21-22)13-3-2-10-19-11-13/h2-11H,1H3,(H2,18,20,21)/b9-6+. The van der Waals surface area contributed by atoms with E-state index < -0.39 is 0 Å². The van der Waals surface area contributed by atoms with Gasteiger partial charge in [-0.05, 0) is 35.9 Å². The molecule has 2 N–H and O–H groups in total. The van der Waals surface area contributed by atoms with Gasteiger partial charge in [-0.1, -0.05) is 12.1 Å². The van der Waals surface area contributed by atoms with Gasteiger partial charge in [0.15, 0.2) is 5.82 Å². The quantitative estimate of drug-likeness (QED) is 0.741. The fourth-order valence-electron chi connectivity index (χ4n) is 2.06. The normalized spacial score (nSPS) is 10.9. The molecule has 0 atom stereocenters. The minimum atomic E-state index is -0.383. The summed E-state index contributed by atoms with van der Waals surface area (Å²) in [5, 5.41) is 4.14. The van der Waals surface area contributed by atoms with Crippen molar-refractivity contribution < 1.29 is 9.53 Å². The monoisotopic (exact) mass is 321 g/mol. The van der Waals surface area contributed by atoms with Crippen LogP contribution in [-0.4, -0.2) is 32.8 Å². The van der Waals surface area contributed by atoms with Gasteiger partial charge in [0.05, 0.1) is 7.11 Å². The van der Waals surface area contributed by atoms with Gasteiger partial charge in [-0.15, -0.1) is 5.10 Å². The summed E-state index contributed by atoms with van der Waals surface area (Å²) in [5.74, 6) is 0.746. The number of rotatable bonds is 4. The number of ether oxygens (including phenoxy) is 1. The van der Waals surface area contributed by atoms with Crippen molar-refractivity contribution in [2.75, 3.05) is 12.8 Å². The number of allylic oxidation sites excluding steroid dienone is 1. The van der Waals surface area contributed by atoms with Gasteiger partial charge in [0.2, 0.25) is 5.95 Å². The molecule has 0 aliphatic rings. The van der Waals surface area contributed by atoms with Crippen LogP contribution in [0.5, 0.6) is 5.75 Å². The Labute approximate surface area is 138 Å². The molecule has 7 heteroatoms. The maximum atomic E-state index is 12.3. The molecule has 1 aromatic carbocycles. The van der Waals surface area contributed by atoms with E-state index in [2.05, 4.69) is 15.1 Å². The van der Waals surface area contributed by atoms with Crippen LogP contribution in [0.1, 0.15) is 10.4 Å². The average molecular weight is 321 g/mol. The lowest BCUT2D eigenvalue weighted by molar-refractivity contribution is 0.0958. The van der Waals surface area contributed by atoms with Gasteiger partial charge in [-0.25, -0.2) is 0 Å². The highest BCUT2D eigenvalue weighted by Crippen LogP contribution is 2.15. The van der Waals surface area contributed by atoms with Crippen LogP contribution in [0, 0.1) is 0 Å². The van der Waals surface area contributed by atoms with E-state index in [-0.39, 0.29) is 11.9 Å². The third-order valence-electron chi connectivity index (χ3n) is 3.29. The first-order valence-electron chi connectivity index (χ1n) is 7.17. The summed E-state index contributed by atoms with van der Waals surface area (Å²) >= 11 is 0. The molecule has 0 aliphatic heterocycles. The molecule has 0 unspecified atom stereocenters. The van der Waals surface area contributed by atoms with Crippen molar-refractivity contribution in [3.8, 4) is 17.1 Å². The van der Waals surface area contributed by atoms with Crippen molar-refractivity contribution in [2.45, 2.75) is 0 Å². The van der Waals surface area contributed by atoms with Gasteiger partial charge in [-0.3, -0.25) is 9.78 Å². The SMILES string of the molecule is COc1ccc(/C=C/C(=O)n2nc(-c3cccnc3)nc2N)cc1. The summed E-state index contributed by atoms with van der Waals surface area (Å²) in [6, 6.07) is 10.9. The highest BCUT2D eigenvalue weighted by Gasteiger charge is 2.13. The molecule has 3 aromatic rings. The predicted molar refractivity (Wildman–Crippen MR) is 90.3 cm³/mol. The number of carbonyl (C=O) groups is 1. The van der Waals surface area contributed by atoms with Crippen LogP contribution in [-0.2, 0) is 0 Å². The van der Waals surface area contributed by atoms with Crippen LogP contribution in [0.25, 0.3) is 17.5 Å². The summed E-state index contributed by atoms with van der Waals surface area (Å²) in [5.41, 5.74) is 7.33. The molecule has 0 amide bonds. The maximum absolute atomic E-state index is 12.3. The number of aromatic nitrogens is 4. The first-order chi connectivity index (χ1) is 11.7. The number of nitrogens with two attached hydrogens (primary N) is 1. The summed E-state index contributed by atoms with van der Waals surface area (Å²) < 4.78 is 6.15. The predicted octanol–water partition coefficient (Wildman–Crippen LogP) is 2.28. The Morgan fingerprint density at radius 2 is 2.04 bits per heavy atom. The van der Waals surface area contributed by atoms with Crippen LogP contribution >= 0.6 is 0 Å². The first-order valence-corrected chi connectivity index (χ1v) is 7.17. The molecule has 0 saturated carbocycles. The van der Waals surface area contributed by atoms with Gasteiger partial charge in [0.1, 0.15) is 5.75 Å². The van der Waals surface area contributed by atoms with Gasteiger partial charge in [0.25, 0.3) is 5.91 Å². The largest absolute Gasteiger partial charge is 0.497 e. The van der Waals surface area contributed by atoms with E-state index in [9.17, 15) is 4.79 Å². The Hall–Kier alpha value is -3.48. The smallest absolute Gasteiger partial charge is 0.274 e. The first kappa shape index (κ1) is 15.4. The molecule has 0 aliphatic carbocycles. The van der Waals surface area contributed by atoms with Gasteiger partial charge in [-0.2, -0.15) is 9.67 Å². The highest BCUT2D eigenvalue weighted by atomic mass is 16.5. The fourth-order valence-corrected chi connectivity index (χ4v) is 2.06. The number of benzene rings is 1. The molecular weight excluding hydrogens is 306 g/mol. The number of hydrogen-bond donors (Lipinski definition) is 1. The van der Waals surface area contributed by atoms with Crippen molar-refractivity contribution in [1.29, 1.82) is 0 Å². The zero-order valence-corrected chi connectivity index (χ0v) is 13.0. The molecule has 2 heterocycles. The second-order valence-electron chi connectivity index (χ2n) is 4.89. The molecule has 120 valence electrons. The Balaban J connectivity index is 1.79. The van der Waals surface area contributed by atoms with E-state index in [1.807, 2.05) is 24.3 Å². The number of nitrogen functional groups attached to an aromatic ring is 1. The second kappa shape index (κ2) is 6.74. The van der Waals surface area contributed by atoms with E-state index >= 15 is 0 Å². The second-order valence-corrected chi connectivity index (χ2v) is 4.89. The Morgan fingerprint density at radius 3 is 2.71 bits per heavy atom. The number of pyridine rings is 1. The molecule has 24 heavy (non-hydrogen) atoms. The molecule has 7 nitrogen and oxygen atoms in total. The summed E-state index contributed by atoms with van der Waals surface area (Å²) in [4.78, 5) is 20.4. The van der Waals surface area contributed by atoms with Crippen LogP contribution in [0.15, 0.2) is 54.9 Å². The fraction of sp³-hybridized carbons (Fsp3) is 0.0588. The number of anilines is 1. The molecular formula is C17H15N5O2. The van der Waals surface area contributed by atoms with Crippen molar-refractivity contribution in [1.82, 2.24) is 19.7 Å². The zero-order valence-electron chi connectivity index (χ0n) is 13.0. The number of hydrogen-bond acceptors (Lipinski definition) is 6. The molecule has 0 spiro atoms. The molecule has 0 bridgehead atoms. The van der Waals surface area contributed by atoms with Gasteiger partial charge in [0, 0.05) is 24.0 Å². The lowest BCUT2D eigenvalue weighted by Crippen LogP contribution is -2.12. The van der Waals surface area contributed by atoms with E-state index in [0.29, 0.717) is 11.4 Å². The summed E-state index contributed by atoms with van der Waals surface area (Å²) in [7, 11) is 1.60. The lowest BCUT2D eigenvalue weighted by Gasteiger charge is -1.99. The van der Waals surface area contributed by atoms with Crippen molar-refractivity contribution >= 4 is 17.9 Å². The Morgan fingerprint density at radius 1 is 1.25 bits per heavy atom. The number of nitrogens with zero attached hydrogens (tertiary/aromatic N) is 4. The number of carbonyl (C=O) groups excluding carboxylic acids is 1. The summed E-state index contributed by atoms with van der Waals surface area (Å²) in [6.07, 6.45) is 6.32. The van der Waals surface area contributed by atoms with E-state index in [4.69, 9.17) is 10.5 Å². The average Bonchev–Trinajstić information content (AvgIpc) is 3.03. The van der Waals surface area contributed by atoms with Gasteiger partial charge < -0.3 is 10.5 Å². The molecule has 0 radical (unpaired) electrons. The Kier molecular flexibility index (Phi) is 4.33. The number of methoxy groups -OCH3 is 1. The lowest BCUT2D eigenvalue weighted by atomic mass is 10.2. The molecule has 2 aromatic heterocycles. The minimum Gasteiger partial charge on any atom is -0.497 e. The third-order valence-corrected chi connectivity index (χ3v) is 3.29. The Bertz CT molecular complexity index is 870. The van der Waals surface area contributed by atoms with E-state index in [1.54, 1.807) is 37.7 Å². The maximum Gasteiger partial charge on any atom is 0.274 e. The van der Waals surface area contributed by atoms with Gasteiger partial charge >= 0.3 is 0 Å². The third kappa shape index (κ3) is 3.30. The van der Waals surface area contributed by atoms with Crippen LogP contribution in [0.3, 0.4) is 0 Å². The van der Waals surface area contributed by atoms with E-state index in [1.165, 1.54) is 6.08 Å². The van der Waals surface area contributed by atoms with Crippen molar-refractivity contribution in [2.24, 2.45) is 0 Å². The van der Waals surface area contributed by atoms with Crippen LogP contribution in [0.2, 0.25) is 0 Å². The topological polar surface area (TPSA) is 95.9 Å². The highest BCUT2D eigenvalue weighted by molar-refractivity contribution is 5.94. The summed E-state index contributed by atoms with van der Waals surface area (Å²) in [6.45, 7) is 0. The van der Waals surface area contributed by atoms with Crippen molar-refractivity contribution in [3.63, 3.8) is 0 Å². The van der Waals surface area contributed by atoms with E-state index in [0.717, 1.165) is 16.0 Å². The zero-order chi connectivity index (χ0) is 16.9. The molecule has 0 saturated heterocycles. The van der Waals surface area contributed by atoms with Crippen LogP contribution < -0.4 is 10.5 Å². The minimum absolute atomic E-state index is 0.0261. The molecule has 0 fully saturated rings. The van der Waals surface area contributed by atoms with Crippen LogP contribution in [0.4, 0.5) is 5.95 Å². The van der Waals surface area contributed by atoms with Crippen molar-refractivity contribution in [3.05, 3.63) is 60.4 Å². The molecule has 3 rings (SSSR count).